The number of imide groups is 1. The number of hydrogen-bond donors (Lipinski definition) is 1. The Hall–Kier alpha value is -5.67. The van der Waals surface area contributed by atoms with Crippen LogP contribution in [-0.2, 0) is 36.1 Å². The topological polar surface area (TPSA) is 169 Å². The molecule has 3 aliphatic rings. The van der Waals surface area contributed by atoms with Crippen molar-refractivity contribution in [3.63, 3.8) is 0 Å². The lowest BCUT2D eigenvalue weighted by Gasteiger charge is -2.49. The number of phenols is 1. The molecule has 4 heterocycles. The lowest BCUT2D eigenvalue weighted by Crippen LogP contribution is -2.59. The van der Waals surface area contributed by atoms with E-state index in [1.165, 1.54) is 51.2 Å². The summed E-state index contributed by atoms with van der Waals surface area (Å²) in [6.45, 7) is -0.795. The number of halogens is 8. The first-order valence-electron chi connectivity index (χ1n) is 17.9. The highest BCUT2D eigenvalue weighted by Gasteiger charge is 2.76. The average molecular weight is 958 g/mol. The Labute approximate surface area is 356 Å². The minimum absolute atomic E-state index is 0.00386. The summed E-state index contributed by atoms with van der Waals surface area (Å²) >= 11 is 17.6. The number of carbonyl (C=O) groups excluding carboxylic acids is 2. The van der Waals surface area contributed by atoms with Crippen LogP contribution in [0.2, 0.25) is 0 Å². The third-order valence-corrected chi connectivity index (χ3v) is 13.3. The number of aryl methyl sites for hydroxylation is 2. The van der Waals surface area contributed by atoms with E-state index in [2.05, 4.69) is 20.9 Å². The molecule has 1 aliphatic carbocycles. The molecule has 1 saturated heterocycles. The number of nitrogens with zero attached hydrogens (tertiary/aromatic N) is 6. The predicted octanol–water partition coefficient (Wildman–Crippen LogP) is 4.69. The summed E-state index contributed by atoms with van der Waals surface area (Å²) in [5.41, 5.74) is -4.00. The van der Waals surface area contributed by atoms with Crippen LogP contribution in [0.25, 0.3) is 11.0 Å². The Morgan fingerprint density at radius 2 is 1.46 bits per heavy atom. The first-order valence-corrected chi connectivity index (χ1v) is 19.4. The summed E-state index contributed by atoms with van der Waals surface area (Å²) in [5, 5.41) is 11.5. The van der Waals surface area contributed by atoms with Gasteiger partial charge in [-0.15, -0.1) is 23.2 Å². The molecule has 320 valence electrons. The number of aromatic hydroxyl groups is 1. The SMILES string of the molecule is COc1cc2nc(CCn3c(=O)n4n(c3=O)[C@@H]3C[C@@]5(Cl)C(=O)N(c6c(F)c(F)c(F)c(F)c6F)C(=O)[C@@]5(Cl)[C@@H](c5cc(Br)cc(OC)c5O)C3=CC4)c(=O)n(C)c2cc1OC. The fourth-order valence-corrected chi connectivity index (χ4v) is 9.83. The van der Waals surface area contributed by atoms with Crippen molar-refractivity contribution in [3.05, 3.63) is 112 Å². The molecule has 0 unspecified atom stereocenters. The van der Waals surface area contributed by atoms with Gasteiger partial charge < -0.3 is 23.9 Å². The molecule has 0 bridgehead atoms. The Kier molecular flexibility index (Phi) is 9.97. The Balaban J connectivity index is 1.28. The number of phenolic OH excluding ortho intramolecular Hbond substituents is 1. The first kappa shape index (κ1) is 42.0. The highest BCUT2D eigenvalue weighted by molar-refractivity contribution is 9.10. The predicted molar refractivity (Wildman–Crippen MR) is 209 cm³/mol. The monoisotopic (exact) mass is 956 g/mol. The third kappa shape index (κ3) is 5.65. The lowest BCUT2D eigenvalue weighted by molar-refractivity contribution is -0.122. The van der Waals surface area contributed by atoms with Crippen molar-refractivity contribution in [3.8, 4) is 23.0 Å². The highest BCUT2D eigenvalue weighted by Crippen LogP contribution is 2.65. The number of amides is 2. The van der Waals surface area contributed by atoms with Gasteiger partial charge in [-0.2, -0.15) is 0 Å². The molecule has 0 radical (unpaired) electrons. The smallest absolute Gasteiger partial charge is 0.347 e. The maximum absolute atomic E-state index is 15.4. The molecule has 5 aromatic rings. The summed E-state index contributed by atoms with van der Waals surface area (Å²) in [7, 11) is 5.51. The zero-order valence-corrected chi connectivity index (χ0v) is 34.9. The fourth-order valence-electron chi connectivity index (χ4n) is 8.47. The van der Waals surface area contributed by atoms with E-state index in [1.807, 2.05) is 0 Å². The number of aromatic nitrogens is 5. The van der Waals surface area contributed by atoms with Gasteiger partial charge >= 0.3 is 11.4 Å². The van der Waals surface area contributed by atoms with Gasteiger partial charge in [0.15, 0.2) is 56.0 Å². The van der Waals surface area contributed by atoms with Crippen LogP contribution >= 0.6 is 39.1 Å². The van der Waals surface area contributed by atoms with Crippen LogP contribution in [0.1, 0.15) is 29.6 Å². The van der Waals surface area contributed by atoms with Crippen molar-refractivity contribution < 1.29 is 50.9 Å². The van der Waals surface area contributed by atoms with Crippen molar-refractivity contribution in [1.29, 1.82) is 0 Å². The van der Waals surface area contributed by atoms with E-state index >= 15 is 8.78 Å². The van der Waals surface area contributed by atoms with Crippen LogP contribution < -0.4 is 36.0 Å². The molecule has 4 atom stereocenters. The molecule has 2 aliphatic heterocycles. The van der Waals surface area contributed by atoms with E-state index in [0.717, 1.165) is 13.9 Å². The average Bonchev–Trinajstić information content (AvgIpc) is 3.57. The molecule has 2 aromatic heterocycles. The second-order valence-corrected chi connectivity index (χ2v) is 16.4. The van der Waals surface area contributed by atoms with E-state index in [1.54, 1.807) is 12.1 Å². The molecule has 23 heteroatoms. The van der Waals surface area contributed by atoms with Gasteiger partial charge in [0.1, 0.15) is 11.4 Å². The number of hydrogen-bond acceptors (Lipinski definition) is 10. The third-order valence-electron chi connectivity index (χ3n) is 11.4. The Morgan fingerprint density at radius 1 is 0.852 bits per heavy atom. The summed E-state index contributed by atoms with van der Waals surface area (Å²) in [6, 6.07) is 4.18. The van der Waals surface area contributed by atoms with Crippen molar-refractivity contribution >= 4 is 67.7 Å². The van der Waals surface area contributed by atoms with Crippen LogP contribution in [0, 0.1) is 29.1 Å². The van der Waals surface area contributed by atoms with E-state index in [0.29, 0.717) is 22.5 Å². The molecule has 8 rings (SSSR count). The maximum atomic E-state index is 15.4. The number of fused-ring (bicyclic) bond motifs is 5. The van der Waals surface area contributed by atoms with Gasteiger partial charge in [0, 0.05) is 54.5 Å². The van der Waals surface area contributed by atoms with Crippen molar-refractivity contribution in [1.82, 2.24) is 23.5 Å². The number of rotatable bonds is 8. The minimum atomic E-state index is -2.92. The molecule has 2 amide bonds. The quantitative estimate of drug-likeness (QED) is 0.0576. The number of allylic oxidation sites excluding steroid dienone is 2. The van der Waals surface area contributed by atoms with Gasteiger partial charge in [-0.25, -0.2) is 55.4 Å². The van der Waals surface area contributed by atoms with Gasteiger partial charge in [0.25, 0.3) is 17.4 Å². The lowest BCUT2D eigenvalue weighted by atomic mass is 9.64. The van der Waals surface area contributed by atoms with Crippen LogP contribution in [0.5, 0.6) is 23.0 Å². The van der Waals surface area contributed by atoms with E-state index in [4.69, 9.17) is 37.4 Å². The largest absolute Gasteiger partial charge is 0.504 e. The normalized spacial score (nSPS) is 22.0. The second-order valence-electron chi connectivity index (χ2n) is 14.3. The first-order chi connectivity index (χ1) is 28.8. The van der Waals surface area contributed by atoms with Gasteiger partial charge in [0.2, 0.25) is 5.82 Å². The van der Waals surface area contributed by atoms with Crippen molar-refractivity contribution in [2.24, 2.45) is 7.05 Å². The minimum Gasteiger partial charge on any atom is -0.504 e. The Morgan fingerprint density at radius 3 is 2.08 bits per heavy atom. The van der Waals surface area contributed by atoms with Gasteiger partial charge in [-0.1, -0.05) is 22.0 Å². The van der Waals surface area contributed by atoms with E-state index in [-0.39, 0.29) is 38.4 Å². The van der Waals surface area contributed by atoms with Crippen LogP contribution in [0.3, 0.4) is 0 Å². The number of anilines is 1. The number of carbonyl (C=O) groups is 2. The molecule has 0 spiro atoms. The standard InChI is InChI=1S/C38H28BrCl2F5N6O9/c1-48-19-12-22(60-3)21(59-2)11-18(19)47-17(32(48)54)6-7-49-35(57)50-8-5-15-20(52(50)36(49)58)13-37(40)33(55)51(30-28(45)26(43)25(42)27(44)29(30)46)34(56)38(37,41)24(15)16-9-14(39)10-23(61-4)31(16)53/h5,9-12,20,24,53H,6-8,13H2,1-4H3/t20-,24-,37-,38+/m1/s1. The highest BCUT2D eigenvalue weighted by atomic mass is 79.9. The molecule has 61 heavy (non-hydrogen) atoms. The van der Waals surface area contributed by atoms with Crippen LogP contribution in [0.4, 0.5) is 27.6 Å². The number of alkyl halides is 2. The zero-order valence-electron chi connectivity index (χ0n) is 31.8. The number of methoxy groups -OCH3 is 3. The summed E-state index contributed by atoms with van der Waals surface area (Å²) in [6.07, 6.45) is 0.253. The number of benzene rings is 3. The molecular weight excluding hydrogens is 930 g/mol. The van der Waals surface area contributed by atoms with Crippen LogP contribution in [0.15, 0.2) is 54.8 Å². The molecule has 1 N–H and O–H groups in total. The summed E-state index contributed by atoms with van der Waals surface area (Å²) in [5.74, 6) is -18.1. The molecule has 1 saturated carbocycles. The van der Waals surface area contributed by atoms with Gasteiger partial charge in [-0.05, 0) is 17.7 Å². The van der Waals surface area contributed by atoms with Crippen molar-refractivity contribution in [2.75, 3.05) is 26.2 Å². The van der Waals surface area contributed by atoms with Gasteiger partial charge in [0.05, 0.1) is 44.9 Å². The van der Waals surface area contributed by atoms with E-state index in [9.17, 15) is 42.3 Å². The molecular formula is C38H28BrCl2F5N6O9. The van der Waals surface area contributed by atoms with Crippen LogP contribution in [-0.4, -0.2) is 71.5 Å². The summed E-state index contributed by atoms with van der Waals surface area (Å²) < 4.78 is 94.3. The Bertz CT molecular complexity index is 3000. The molecule has 15 nitrogen and oxygen atoms in total. The fraction of sp³-hybridized carbons (Fsp3) is 0.316. The zero-order chi connectivity index (χ0) is 44.4. The number of ether oxygens (including phenoxy) is 3. The maximum Gasteiger partial charge on any atom is 0.347 e. The summed E-state index contributed by atoms with van der Waals surface area (Å²) in [4.78, 5) is 69.2. The molecule has 3 aromatic carbocycles. The van der Waals surface area contributed by atoms with Crippen molar-refractivity contribution in [2.45, 2.75) is 47.6 Å². The van der Waals surface area contributed by atoms with E-state index < -0.39 is 110 Å². The second kappa shape index (κ2) is 14.5. The van der Waals surface area contributed by atoms with Gasteiger partial charge in [-0.3, -0.25) is 14.4 Å². The molecule has 2 fully saturated rings.